The third kappa shape index (κ3) is 13.3. The van der Waals surface area contributed by atoms with Crippen LogP contribution in [0.1, 0.15) is 112 Å². The van der Waals surface area contributed by atoms with Crippen molar-refractivity contribution in [3.05, 3.63) is 95.0 Å². The van der Waals surface area contributed by atoms with Crippen LogP contribution in [-0.4, -0.2) is 114 Å². The second-order valence-corrected chi connectivity index (χ2v) is 21.5. The van der Waals surface area contributed by atoms with Crippen LogP contribution in [0, 0.1) is 18.3 Å². The zero-order valence-electron chi connectivity index (χ0n) is 42.1. The summed E-state index contributed by atoms with van der Waals surface area (Å²) in [5.74, 6) is 0.0981. The van der Waals surface area contributed by atoms with Gasteiger partial charge in [0.25, 0.3) is 5.91 Å². The molecular formula is C54H69N11O6S. The van der Waals surface area contributed by atoms with Gasteiger partial charge in [0.15, 0.2) is 0 Å². The highest BCUT2D eigenvalue weighted by atomic mass is 32.1. The summed E-state index contributed by atoms with van der Waals surface area (Å²) in [6, 6.07) is 17.4. The molecule has 382 valence electrons. The van der Waals surface area contributed by atoms with E-state index in [0.717, 1.165) is 101 Å². The third-order valence-electron chi connectivity index (χ3n) is 13.9. The van der Waals surface area contributed by atoms with Crippen molar-refractivity contribution in [3.63, 3.8) is 0 Å². The predicted molar refractivity (Wildman–Crippen MR) is 280 cm³/mol. The van der Waals surface area contributed by atoms with Crippen LogP contribution in [0.15, 0.2) is 72.4 Å². The molecule has 17 nitrogen and oxygen atoms in total. The average molecular weight is 1000 g/mol. The normalized spacial score (nSPS) is 17.6. The van der Waals surface area contributed by atoms with E-state index < -0.39 is 23.6 Å². The molecule has 0 aliphatic carbocycles. The van der Waals surface area contributed by atoms with Gasteiger partial charge in [0.1, 0.15) is 17.9 Å². The first-order chi connectivity index (χ1) is 34.6. The number of thiazole rings is 1. The summed E-state index contributed by atoms with van der Waals surface area (Å²) in [5, 5.41) is 27.8. The number of aromatic amines is 1. The van der Waals surface area contributed by atoms with Gasteiger partial charge < -0.3 is 36.3 Å². The number of aromatic nitrogens is 5. The molecule has 3 aromatic carbocycles. The van der Waals surface area contributed by atoms with Crippen LogP contribution >= 0.6 is 11.3 Å². The highest BCUT2D eigenvalue weighted by Gasteiger charge is 2.44. The Labute approximate surface area is 424 Å². The molecule has 5 heterocycles. The Balaban J connectivity index is 0.680. The molecule has 2 fully saturated rings. The van der Waals surface area contributed by atoms with Crippen LogP contribution in [0.2, 0.25) is 0 Å². The lowest BCUT2D eigenvalue weighted by Gasteiger charge is -2.35. The summed E-state index contributed by atoms with van der Waals surface area (Å²) < 4.78 is 1.78. The number of fused-ring (bicyclic) bond motifs is 2. The second-order valence-electron chi connectivity index (χ2n) is 20.7. The summed E-state index contributed by atoms with van der Waals surface area (Å²) in [4.78, 5) is 83.9. The van der Waals surface area contributed by atoms with Gasteiger partial charge in [-0.05, 0) is 91.6 Å². The summed E-state index contributed by atoms with van der Waals surface area (Å²) in [7, 11) is 1.87. The first-order valence-electron chi connectivity index (χ1n) is 25.3. The number of benzene rings is 3. The van der Waals surface area contributed by atoms with Gasteiger partial charge in [-0.3, -0.25) is 33.6 Å². The SMILES string of the molecule is Cc1ncsc1-c1ccc(CNC(=O)[C@@H]2C[C@@H](O)CN2C(=O)C(NC(=O)CCCCCCCCNC(=O)CC2CCN(Cc3nc4cc(NC(=O)c5ccc6c(cnn6C)c5)ccc4[nH]3)C2)C(C)(C)C)cc1. The van der Waals surface area contributed by atoms with Crippen LogP contribution < -0.4 is 21.3 Å². The first kappa shape index (κ1) is 51.8. The average Bonchev–Trinajstić information content (AvgIpc) is 4.21. The zero-order chi connectivity index (χ0) is 50.9. The van der Waals surface area contributed by atoms with Crippen LogP contribution in [0.5, 0.6) is 0 Å². The monoisotopic (exact) mass is 1000 g/mol. The molecule has 5 amide bonds. The summed E-state index contributed by atoms with van der Waals surface area (Å²) in [5.41, 5.74) is 8.00. The van der Waals surface area contributed by atoms with Gasteiger partial charge in [0.2, 0.25) is 23.6 Å². The summed E-state index contributed by atoms with van der Waals surface area (Å²) in [6.45, 7) is 11.0. The van der Waals surface area contributed by atoms with Crippen LogP contribution in [-0.2, 0) is 39.3 Å². The predicted octanol–water partition coefficient (Wildman–Crippen LogP) is 7.00. The lowest BCUT2D eigenvalue weighted by Crippen LogP contribution is -2.57. The number of imidazole rings is 1. The molecule has 8 rings (SSSR count). The molecule has 2 unspecified atom stereocenters. The van der Waals surface area contributed by atoms with Gasteiger partial charge in [0.05, 0.1) is 51.5 Å². The largest absolute Gasteiger partial charge is 0.391 e. The first-order valence-corrected chi connectivity index (χ1v) is 26.2. The van der Waals surface area contributed by atoms with Gasteiger partial charge in [-0.1, -0.05) is 70.7 Å². The Hall–Kier alpha value is -6.50. The number of nitrogens with one attached hydrogen (secondary N) is 5. The minimum absolute atomic E-state index is 0.0255. The van der Waals surface area contributed by atoms with Crippen molar-refractivity contribution in [3.8, 4) is 10.4 Å². The molecule has 0 spiro atoms. The molecule has 0 bridgehead atoms. The quantitative estimate of drug-likeness (QED) is 0.0406. The van der Waals surface area contributed by atoms with Gasteiger partial charge in [-0.2, -0.15) is 5.10 Å². The van der Waals surface area contributed by atoms with E-state index in [2.05, 4.69) is 41.2 Å². The number of aliphatic hydroxyl groups excluding tert-OH is 1. The molecule has 4 atom stereocenters. The second kappa shape index (κ2) is 23.4. The van der Waals surface area contributed by atoms with Gasteiger partial charge in [-0.25, -0.2) is 9.97 Å². The lowest BCUT2D eigenvalue weighted by molar-refractivity contribution is -0.144. The number of carbonyl (C=O) groups is 5. The van der Waals surface area contributed by atoms with E-state index in [1.165, 1.54) is 4.90 Å². The zero-order valence-corrected chi connectivity index (χ0v) is 42.9. The molecule has 6 aromatic rings. The minimum atomic E-state index is -0.862. The lowest BCUT2D eigenvalue weighted by atomic mass is 9.85. The minimum Gasteiger partial charge on any atom is -0.391 e. The van der Waals surface area contributed by atoms with Crippen molar-refractivity contribution in [2.24, 2.45) is 18.4 Å². The Morgan fingerprint density at radius 1 is 0.917 bits per heavy atom. The van der Waals surface area contributed by atoms with Gasteiger partial charge in [0, 0.05) is 69.1 Å². The van der Waals surface area contributed by atoms with E-state index >= 15 is 0 Å². The summed E-state index contributed by atoms with van der Waals surface area (Å²) in [6.07, 6.45) is 8.17. The number of aliphatic hydroxyl groups is 1. The maximum absolute atomic E-state index is 14.0. The van der Waals surface area contributed by atoms with E-state index in [4.69, 9.17) is 4.98 Å². The van der Waals surface area contributed by atoms with Crippen LogP contribution in [0.25, 0.3) is 32.4 Å². The molecule has 3 aromatic heterocycles. The van der Waals surface area contributed by atoms with Crippen molar-refractivity contribution < 1.29 is 29.1 Å². The number of carbonyl (C=O) groups excluding carboxylic acids is 5. The van der Waals surface area contributed by atoms with Crippen molar-refractivity contribution in [1.82, 2.24) is 50.5 Å². The molecule has 18 heteroatoms. The van der Waals surface area contributed by atoms with Gasteiger partial charge in [-0.15, -0.1) is 11.3 Å². The van der Waals surface area contributed by atoms with E-state index in [0.29, 0.717) is 37.2 Å². The number of likely N-dealkylation sites (tertiary alicyclic amines) is 2. The third-order valence-corrected chi connectivity index (χ3v) is 14.9. The molecule has 6 N–H and O–H groups in total. The maximum Gasteiger partial charge on any atom is 0.255 e. The number of hydrogen-bond acceptors (Lipinski definition) is 11. The highest BCUT2D eigenvalue weighted by Crippen LogP contribution is 2.29. The number of rotatable bonds is 21. The number of nitrogens with zero attached hydrogens (tertiary/aromatic N) is 6. The van der Waals surface area contributed by atoms with E-state index in [9.17, 15) is 29.1 Å². The Morgan fingerprint density at radius 3 is 2.46 bits per heavy atom. The molecule has 72 heavy (non-hydrogen) atoms. The number of H-pyrrole nitrogens is 1. The molecule has 0 saturated carbocycles. The molecule has 2 saturated heterocycles. The number of anilines is 1. The van der Waals surface area contributed by atoms with E-state index in [1.807, 2.05) is 94.9 Å². The van der Waals surface area contributed by atoms with Crippen LogP contribution in [0.3, 0.4) is 0 Å². The number of β-amino-alcohol motifs (C(OH)–C–C–N with tert-alkyl or cyclic N) is 1. The van der Waals surface area contributed by atoms with Crippen molar-refractivity contribution in [1.29, 1.82) is 0 Å². The summed E-state index contributed by atoms with van der Waals surface area (Å²) >= 11 is 1.58. The number of aryl methyl sites for hydroxylation is 2. The molecular weight excluding hydrogens is 931 g/mol. The van der Waals surface area contributed by atoms with Crippen molar-refractivity contribution >= 4 is 68.5 Å². The smallest absolute Gasteiger partial charge is 0.255 e. The fraction of sp³-hybridized carbons (Fsp3) is 0.481. The Bertz CT molecular complexity index is 2870. The fourth-order valence-electron chi connectivity index (χ4n) is 9.85. The standard InChI is InChI=1S/C54H69N11O6S/c1-34-49(72-33-57-34)37-15-13-35(14-16-37)28-56-52(70)45-27-41(66)31-65(45)53(71)50(54(2,3)4)62-47(67)12-10-8-6-7-9-11-22-55-48(68)24-36-21-23-64(30-36)32-46-60-42-19-18-40(26-43(42)61-46)59-51(69)38-17-20-44-39(25-38)29-58-63(44)5/h13-20,25-26,29,33,36,41,45,50,66H,6-12,21-24,27-28,30-32H2,1-5H3,(H,55,68)(H,56,70)(H,59,69)(H,60,61)(H,62,67)/t36?,41-,45+,50?/m1/s1. The maximum atomic E-state index is 14.0. The van der Waals surface area contributed by atoms with Crippen molar-refractivity contribution in [2.45, 2.75) is 123 Å². The molecule has 0 radical (unpaired) electrons. The molecule has 2 aliphatic heterocycles. The number of unbranched alkanes of at least 4 members (excludes halogenated alkanes) is 5. The fourth-order valence-corrected chi connectivity index (χ4v) is 10.7. The van der Waals surface area contributed by atoms with E-state index in [1.54, 1.807) is 28.3 Å². The Kier molecular flexibility index (Phi) is 16.8. The Morgan fingerprint density at radius 2 is 1.69 bits per heavy atom. The van der Waals surface area contributed by atoms with Gasteiger partial charge >= 0.3 is 0 Å². The number of amides is 5. The highest BCUT2D eigenvalue weighted by molar-refractivity contribution is 7.13. The van der Waals surface area contributed by atoms with Crippen molar-refractivity contribution in [2.75, 3.05) is 31.5 Å². The number of hydrogen-bond donors (Lipinski definition) is 6. The topological polar surface area (TPSA) is 220 Å². The molecule has 2 aliphatic rings. The van der Waals surface area contributed by atoms with E-state index in [-0.39, 0.29) is 61.4 Å². The van der Waals surface area contributed by atoms with Crippen LogP contribution in [0.4, 0.5) is 5.69 Å².